The molecule has 2 aromatic rings. The lowest BCUT2D eigenvalue weighted by Gasteiger charge is -2.12. The Morgan fingerprint density at radius 3 is 2.25 bits per heavy atom. The fraction of sp³-hybridized carbons (Fsp3) is 0.316. The summed E-state index contributed by atoms with van der Waals surface area (Å²) in [5.74, 6) is 1.86. The molecule has 1 N–H and O–H groups in total. The molecule has 0 bridgehead atoms. The van der Waals surface area contributed by atoms with Crippen LogP contribution >= 0.6 is 0 Å². The van der Waals surface area contributed by atoms with E-state index in [-0.39, 0.29) is 5.91 Å². The predicted molar refractivity (Wildman–Crippen MR) is 92.9 cm³/mol. The molecule has 0 spiro atoms. The summed E-state index contributed by atoms with van der Waals surface area (Å²) in [6, 6.07) is 12.8. The molecule has 0 atom stereocenters. The van der Waals surface area contributed by atoms with Gasteiger partial charge in [0.15, 0.2) is 11.5 Å². The molecule has 24 heavy (non-hydrogen) atoms. The number of amides is 1. The predicted octanol–water partition coefficient (Wildman–Crippen LogP) is 3.42. The Hall–Kier alpha value is -2.69. The molecule has 0 heterocycles. The van der Waals surface area contributed by atoms with Crippen molar-refractivity contribution >= 4 is 5.91 Å². The van der Waals surface area contributed by atoms with Crippen LogP contribution in [0.3, 0.4) is 0 Å². The third kappa shape index (κ3) is 4.65. The van der Waals surface area contributed by atoms with E-state index < -0.39 is 0 Å². The van der Waals surface area contributed by atoms with Gasteiger partial charge in [-0.2, -0.15) is 0 Å². The first-order valence-corrected chi connectivity index (χ1v) is 7.98. The Kier molecular flexibility index (Phi) is 6.49. The minimum atomic E-state index is -0.158. The molecule has 0 aliphatic rings. The summed E-state index contributed by atoms with van der Waals surface area (Å²) >= 11 is 0. The highest BCUT2D eigenvalue weighted by atomic mass is 16.5. The summed E-state index contributed by atoms with van der Waals surface area (Å²) in [5.41, 5.74) is 1.54. The van der Waals surface area contributed by atoms with E-state index in [0.717, 1.165) is 11.3 Å². The second-order valence-corrected chi connectivity index (χ2v) is 5.06. The fourth-order valence-corrected chi connectivity index (χ4v) is 2.22. The summed E-state index contributed by atoms with van der Waals surface area (Å²) in [4.78, 5) is 12.3. The zero-order valence-corrected chi connectivity index (χ0v) is 14.3. The largest absolute Gasteiger partial charge is 0.497 e. The molecule has 1 amide bonds. The van der Waals surface area contributed by atoms with Gasteiger partial charge in [0, 0.05) is 12.1 Å². The first-order valence-electron chi connectivity index (χ1n) is 7.98. The lowest BCUT2D eigenvalue weighted by Crippen LogP contribution is -2.22. The monoisotopic (exact) mass is 329 g/mol. The van der Waals surface area contributed by atoms with E-state index in [1.807, 2.05) is 38.1 Å². The molecule has 0 unspecified atom stereocenters. The number of nitrogens with one attached hydrogen (secondary N) is 1. The number of carbonyl (C=O) groups excluding carboxylic acids is 1. The summed E-state index contributed by atoms with van der Waals surface area (Å²) in [6.07, 6.45) is 0. The molecule has 5 heteroatoms. The number of ether oxygens (including phenoxy) is 3. The van der Waals surface area contributed by atoms with Crippen LogP contribution in [0.25, 0.3) is 0 Å². The normalized spacial score (nSPS) is 10.1. The van der Waals surface area contributed by atoms with Crippen molar-refractivity contribution in [3.63, 3.8) is 0 Å². The van der Waals surface area contributed by atoms with Gasteiger partial charge >= 0.3 is 0 Å². The Bertz CT molecular complexity index is 668. The summed E-state index contributed by atoms with van der Waals surface area (Å²) in [5, 5.41) is 2.90. The summed E-state index contributed by atoms with van der Waals surface area (Å²) in [7, 11) is 1.62. The molecule has 5 nitrogen and oxygen atoms in total. The van der Waals surface area contributed by atoms with Gasteiger partial charge in [0.05, 0.1) is 20.3 Å². The van der Waals surface area contributed by atoms with Crippen LogP contribution in [-0.2, 0) is 6.54 Å². The van der Waals surface area contributed by atoms with Crippen LogP contribution in [0.5, 0.6) is 17.2 Å². The third-order valence-corrected chi connectivity index (χ3v) is 3.42. The smallest absolute Gasteiger partial charge is 0.251 e. The molecule has 0 aliphatic heterocycles. The Balaban J connectivity index is 2.04. The van der Waals surface area contributed by atoms with Gasteiger partial charge in [0.1, 0.15) is 5.75 Å². The van der Waals surface area contributed by atoms with Crippen molar-refractivity contribution in [2.75, 3.05) is 20.3 Å². The molecular formula is C19H23NO4. The zero-order chi connectivity index (χ0) is 17.4. The van der Waals surface area contributed by atoms with Crippen LogP contribution in [-0.4, -0.2) is 26.2 Å². The number of methoxy groups -OCH3 is 1. The number of carbonyl (C=O) groups is 1. The summed E-state index contributed by atoms with van der Waals surface area (Å²) in [6.45, 7) is 5.30. The topological polar surface area (TPSA) is 56.8 Å². The standard InChI is InChI=1S/C19H23NO4/c1-4-23-17-11-8-15(12-18(17)24-5-2)19(21)20-13-14-6-9-16(22-3)10-7-14/h6-12H,4-5,13H2,1-3H3,(H,20,21). The maximum atomic E-state index is 12.3. The first-order chi connectivity index (χ1) is 11.7. The lowest BCUT2D eigenvalue weighted by molar-refractivity contribution is 0.0950. The van der Waals surface area contributed by atoms with Gasteiger partial charge in [0.2, 0.25) is 0 Å². The van der Waals surface area contributed by atoms with Crippen molar-refractivity contribution < 1.29 is 19.0 Å². The number of hydrogen-bond donors (Lipinski definition) is 1. The summed E-state index contributed by atoms with van der Waals surface area (Å²) < 4.78 is 16.2. The van der Waals surface area contributed by atoms with E-state index in [4.69, 9.17) is 14.2 Å². The van der Waals surface area contributed by atoms with Crippen LogP contribution in [0.2, 0.25) is 0 Å². The number of benzene rings is 2. The molecule has 0 fully saturated rings. The van der Waals surface area contributed by atoms with Crippen LogP contribution in [0, 0.1) is 0 Å². The van der Waals surface area contributed by atoms with Gasteiger partial charge in [-0.1, -0.05) is 12.1 Å². The molecule has 2 rings (SSSR count). The molecule has 128 valence electrons. The lowest BCUT2D eigenvalue weighted by atomic mass is 10.1. The fourth-order valence-electron chi connectivity index (χ4n) is 2.22. The van der Waals surface area contributed by atoms with Crippen LogP contribution < -0.4 is 19.5 Å². The quantitative estimate of drug-likeness (QED) is 0.806. The van der Waals surface area contributed by atoms with E-state index in [1.165, 1.54) is 0 Å². The van der Waals surface area contributed by atoms with E-state index >= 15 is 0 Å². The van der Waals surface area contributed by atoms with Crippen molar-refractivity contribution in [1.82, 2.24) is 5.32 Å². The highest BCUT2D eigenvalue weighted by Gasteiger charge is 2.11. The molecule has 0 saturated heterocycles. The van der Waals surface area contributed by atoms with Crippen molar-refractivity contribution in [2.45, 2.75) is 20.4 Å². The molecule has 0 aliphatic carbocycles. The second-order valence-electron chi connectivity index (χ2n) is 5.06. The van der Waals surface area contributed by atoms with Gasteiger partial charge in [-0.3, -0.25) is 4.79 Å². The van der Waals surface area contributed by atoms with E-state index in [9.17, 15) is 4.79 Å². The highest BCUT2D eigenvalue weighted by Crippen LogP contribution is 2.28. The average molecular weight is 329 g/mol. The van der Waals surface area contributed by atoms with Gasteiger partial charge < -0.3 is 19.5 Å². The Labute approximate surface area is 142 Å². The molecule has 2 aromatic carbocycles. The van der Waals surface area contributed by atoms with E-state index in [1.54, 1.807) is 25.3 Å². The zero-order valence-electron chi connectivity index (χ0n) is 14.3. The highest BCUT2D eigenvalue weighted by molar-refractivity contribution is 5.94. The SMILES string of the molecule is CCOc1ccc(C(=O)NCc2ccc(OC)cc2)cc1OCC. The average Bonchev–Trinajstić information content (AvgIpc) is 2.62. The maximum Gasteiger partial charge on any atom is 0.251 e. The van der Waals surface area contributed by atoms with Crippen molar-refractivity contribution in [2.24, 2.45) is 0 Å². The van der Waals surface area contributed by atoms with Gasteiger partial charge in [-0.05, 0) is 49.7 Å². The van der Waals surface area contributed by atoms with Crippen LogP contribution in [0.4, 0.5) is 0 Å². The van der Waals surface area contributed by atoms with Gasteiger partial charge in [-0.25, -0.2) is 0 Å². The van der Waals surface area contributed by atoms with E-state index in [2.05, 4.69) is 5.32 Å². The second kappa shape index (κ2) is 8.82. The third-order valence-electron chi connectivity index (χ3n) is 3.42. The Morgan fingerprint density at radius 2 is 1.62 bits per heavy atom. The van der Waals surface area contributed by atoms with Crippen molar-refractivity contribution in [1.29, 1.82) is 0 Å². The minimum absolute atomic E-state index is 0.158. The molecule has 0 radical (unpaired) electrons. The van der Waals surface area contributed by atoms with Gasteiger partial charge in [0.25, 0.3) is 5.91 Å². The van der Waals surface area contributed by atoms with Crippen molar-refractivity contribution in [3.8, 4) is 17.2 Å². The number of rotatable bonds is 8. The van der Waals surface area contributed by atoms with Crippen LogP contribution in [0.15, 0.2) is 42.5 Å². The Morgan fingerprint density at radius 1 is 0.958 bits per heavy atom. The van der Waals surface area contributed by atoms with Gasteiger partial charge in [-0.15, -0.1) is 0 Å². The molecule has 0 saturated carbocycles. The molecule has 0 aromatic heterocycles. The van der Waals surface area contributed by atoms with Crippen molar-refractivity contribution in [3.05, 3.63) is 53.6 Å². The van der Waals surface area contributed by atoms with E-state index in [0.29, 0.717) is 36.8 Å². The first kappa shape index (κ1) is 17.7. The maximum absolute atomic E-state index is 12.3. The van der Waals surface area contributed by atoms with Crippen LogP contribution in [0.1, 0.15) is 29.8 Å². The molecular weight excluding hydrogens is 306 g/mol. The number of hydrogen-bond acceptors (Lipinski definition) is 4. The minimum Gasteiger partial charge on any atom is -0.497 e.